The van der Waals surface area contributed by atoms with Gasteiger partial charge in [-0.3, -0.25) is 24.0 Å². The number of nitrogens with one attached hydrogen (secondary N) is 1. The van der Waals surface area contributed by atoms with E-state index in [0.29, 0.717) is 12.3 Å². The van der Waals surface area contributed by atoms with Gasteiger partial charge in [-0.1, -0.05) is 0 Å². The van der Waals surface area contributed by atoms with Crippen LogP contribution in [0.5, 0.6) is 0 Å². The van der Waals surface area contributed by atoms with Crippen molar-refractivity contribution < 1.29 is 9.59 Å². The van der Waals surface area contributed by atoms with E-state index in [1.165, 1.54) is 4.57 Å². The molecule has 1 aromatic heterocycles. The van der Waals surface area contributed by atoms with E-state index in [4.69, 9.17) is 5.73 Å². The van der Waals surface area contributed by atoms with E-state index in [-0.39, 0.29) is 18.0 Å². The van der Waals surface area contributed by atoms with Crippen LogP contribution in [0.15, 0.2) is 23.0 Å². The normalized spacial score (nSPS) is 21.4. The lowest BCUT2D eigenvalue weighted by molar-refractivity contribution is -0.135. The van der Waals surface area contributed by atoms with Gasteiger partial charge in [-0.05, 0) is 56.3 Å². The number of imide groups is 1. The summed E-state index contributed by atoms with van der Waals surface area (Å²) in [5, 5.41) is 2.34. The molecule has 8 heteroatoms. The first-order chi connectivity index (χ1) is 13.5. The summed E-state index contributed by atoms with van der Waals surface area (Å²) in [7, 11) is 1.73. The number of nitrogens with two attached hydrogens (primary N) is 1. The van der Waals surface area contributed by atoms with Crippen LogP contribution >= 0.6 is 0 Å². The predicted octanol–water partition coefficient (Wildman–Crippen LogP) is 0.883. The van der Waals surface area contributed by atoms with E-state index in [1.807, 2.05) is 18.2 Å². The monoisotopic (exact) mass is 385 g/mol. The molecule has 2 saturated heterocycles. The zero-order valence-corrected chi connectivity index (χ0v) is 16.2. The summed E-state index contributed by atoms with van der Waals surface area (Å²) in [6, 6.07) is 5.32. The molecule has 150 valence electrons. The third kappa shape index (κ3) is 3.22. The number of anilines is 1. The maximum absolute atomic E-state index is 12.9. The van der Waals surface area contributed by atoms with Gasteiger partial charge >= 0.3 is 5.69 Å². The first-order valence-electron chi connectivity index (χ1n) is 9.99. The highest BCUT2D eigenvalue weighted by atomic mass is 16.2. The van der Waals surface area contributed by atoms with Crippen LogP contribution in [0.1, 0.15) is 38.1 Å². The molecule has 2 fully saturated rings. The lowest BCUT2D eigenvalue weighted by Crippen LogP contribution is -2.44. The zero-order valence-electron chi connectivity index (χ0n) is 16.2. The number of imidazole rings is 1. The topological polar surface area (TPSA) is 102 Å². The van der Waals surface area contributed by atoms with Crippen LogP contribution < -0.4 is 21.6 Å². The van der Waals surface area contributed by atoms with Gasteiger partial charge in [0.1, 0.15) is 6.04 Å². The maximum atomic E-state index is 12.9. The summed E-state index contributed by atoms with van der Waals surface area (Å²) in [6.45, 7) is 2.71. The van der Waals surface area contributed by atoms with E-state index >= 15 is 0 Å². The van der Waals surface area contributed by atoms with Gasteiger partial charge in [0, 0.05) is 32.2 Å². The fourth-order valence-corrected chi connectivity index (χ4v) is 4.49. The van der Waals surface area contributed by atoms with Crippen molar-refractivity contribution in [3.05, 3.63) is 28.7 Å². The average Bonchev–Trinajstić information content (AvgIpc) is 2.93. The Morgan fingerprint density at radius 1 is 1.11 bits per heavy atom. The molecule has 3 heterocycles. The zero-order chi connectivity index (χ0) is 19.8. The second kappa shape index (κ2) is 7.43. The number of fused-ring (bicyclic) bond motifs is 1. The molecule has 3 N–H and O–H groups in total. The molecule has 0 radical (unpaired) electrons. The van der Waals surface area contributed by atoms with Gasteiger partial charge < -0.3 is 10.6 Å². The molecule has 2 aliphatic heterocycles. The Morgan fingerprint density at radius 2 is 1.86 bits per heavy atom. The van der Waals surface area contributed by atoms with Crippen LogP contribution in [0.25, 0.3) is 11.0 Å². The number of nitrogens with zero attached hydrogens (tertiary/aromatic N) is 3. The largest absolute Gasteiger partial charge is 0.371 e. The highest BCUT2D eigenvalue weighted by Gasteiger charge is 2.31. The Morgan fingerprint density at radius 3 is 2.54 bits per heavy atom. The molecule has 0 saturated carbocycles. The second-order valence-electron chi connectivity index (χ2n) is 7.86. The minimum atomic E-state index is -0.647. The van der Waals surface area contributed by atoms with Crippen molar-refractivity contribution >= 4 is 28.5 Å². The molecule has 2 aliphatic rings. The molecule has 1 atom stereocenters. The molecule has 4 rings (SSSR count). The molecule has 1 unspecified atom stereocenters. The van der Waals surface area contributed by atoms with Crippen LogP contribution in [0.3, 0.4) is 0 Å². The van der Waals surface area contributed by atoms with Gasteiger partial charge in [-0.25, -0.2) is 4.79 Å². The number of carbonyl (C=O) groups is 2. The Labute approximate surface area is 163 Å². The molecule has 2 aromatic rings. The molecule has 0 aliphatic carbocycles. The molecule has 0 bridgehead atoms. The second-order valence-corrected chi connectivity index (χ2v) is 7.86. The first kappa shape index (κ1) is 18.7. The van der Waals surface area contributed by atoms with E-state index in [0.717, 1.165) is 55.6 Å². The average molecular weight is 385 g/mol. The molecule has 1 aromatic carbocycles. The summed E-state index contributed by atoms with van der Waals surface area (Å²) in [5.41, 5.74) is 8.07. The molecule has 2 amide bonds. The smallest absolute Gasteiger partial charge is 0.329 e. The quantitative estimate of drug-likeness (QED) is 0.761. The van der Waals surface area contributed by atoms with E-state index < -0.39 is 11.9 Å². The van der Waals surface area contributed by atoms with Gasteiger partial charge in [0.2, 0.25) is 11.8 Å². The van der Waals surface area contributed by atoms with Crippen LogP contribution in [-0.4, -0.2) is 40.6 Å². The van der Waals surface area contributed by atoms with Gasteiger partial charge in [-0.15, -0.1) is 0 Å². The van der Waals surface area contributed by atoms with Crippen molar-refractivity contribution in [3.8, 4) is 0 Å². The van der Waals surface area contributed by atoms with Crippen molar-refractivity contribution in [2.75, 3.05) is 24.5 Å². The van der Waals surface area contributed by atoms with Crippen LogP contribution in [-0.2, 0) is 16.6 Å². The van der Waals surface area contributed by atoms with E-state index in [2.05, 4.69) is 10.2 Å². The summed E-state index contributed by atoms with van der Waals surface area (Å²) in [5.74, 6) is 0.00899. The number of piperidine rings is 2. The lowest BCUT2D eigenvalue weighted by Gasteiger charge is -2.33. The first-order valence-corrected chi connectivity index (χ1v) is 9.99. The summed E-state index contributed by atoms with van der Waals surface area (Å²) < 4.78 is 3.11. The molecule has 0 spiro atoms. The molecular weight excluding hydrogens is 358 g/mol. The van der Waals surface area contributed by atoms with Gasteiger partial charge in [0.25, 0.3) is 0 Å². The van der Waals surface area contributed by atoms with Crippen molar-refractivity contribution in [3.63, 3.8) is 0 Å². The predicted molar refractivity (Wildman–Crippen MR) is 107 cm³/mol. The van der Waals surface area contributed by atoms with Crippen LogP contribution in [0, 0.1) is 5.92 Å². The SMILES string of the molecule is Cn1c(=O)n(C2CCC(=O)NC2=O)c2ccc(N3CCC(CCN)CC3)cc21. The maximum Gasteiger partial charge on any atom is 0.329 e. The summed E-state index contributed by atoms with van der Waals surface area (Å²) >= 11 is 0. The Bertz CT molecular complexity index is 968. The summed E-state index contributed by atoms with van der Waals surface area (Å²) in [4.78, 5) is 38.9. The molecule has 28 heavy (non-hydrogen) atoms. The fourth-order valence-electron chi connectivity index (χ4n) is 4.49. The fraction of sp³-hybridized carbons (Fsp3) is 0.550. The highest BCUT2D eigenvalue weighted by Crippen LogP contribution is 2.29. The van der Waals surface area contributed by atoms with Crippen molar-refractivity contribution in [1.29, 1.82) is 0 Å². The van der Waals surface area contributed by atoms with E-state index in [1.54, 1.807) is 11.6 Å². The number of aromatic nitrogens is 2. The molecular formula is C20H27N5O3. The minimum absolute atomic E-state index is 0.233. The number of hydrogen-bond donors (Lipinski definition) is 2. The van der Waals surface area contributed by atoms with Gasteiger partial charge in [-0.2, -0.15) is 0 Å². The molecule has 8 nitrogen and oxygen atoms in total. The van der Waals surface area contributed by atoms with Crippen molar-refractivity contribution in [2.24, 2.45) is 18.7 Å². The number of aryl methyl sites for hydroxylation is 1. The Kier molecular flexibility index (Phi) is 4.97. The van der Waals surface area contributed by atoms with Gasteiger partial charge in [0.15, 0.2) is 0 Å². The number of rotatable bonds is 4. The van der Waals surface area contributed by atoms with Crippen molar-refractivity contribution in [2.45, 2.75) is 38.1 Å². The third-order valence-electron chi connectivity index (χ3n) is 6.15. The van der Waals surface area contributed by atoms with Gasteiger partial charge in [0.05, 0.1) is 11.0 Å². The van der Waals surface area contributed by atoms with Crippen LogP contribution in [0.2, 0.25) is 0 Å². The summed E-state index contributed by atoms with van der Waals surface area (Å²) in [6.07, 6.45) is 3.93. The number of carbonyl (C=O) groups excluding carboxylic acids is 2. The Hall–Kier alpha value is -2.61. The minimum Gasteiger partial charge on any atom is -0.371 e. The third-order valence-corrected chi connectivity index (χ3v) is 6.15. The number of amides is 2. The number of benzene rings is 1. The highest BCUT2D eigenvalue weighted by molar-refractivity contribution is 6.00. The number of hydrogen-bond acceptors (Lipinski definition) is 5. The van der Waals surface area contributed by atoms with Crippen LogP contribution in [0.4, 0.5) is 5.69 Å². The van der Waals surface area contributed by atoms with Crippen molar-refractivity contribution in [1.82, 2.24) is 14.5 Å². The standard InChI is InChI=1S/C20H27N5O3/c1-23-17-12-14(24-10-7-13(6-9-21)8-11-24)2-3-15(17)25(20(23)28)16-4-5-18(26)22-19(16)27/h2-3,12-13,16H,4-11,21H2,1H3,(H,22,26,27). The van der Waals surface area contributed by atoms with E-state index in [9.17, 15) is 14.4 Å². The lowest BCUT2D eigenvalue weighted by atomic mass is 9.93. The Balaban J connectivity index is 1.65.